The first kappa shape index (κ1) is 17.2. The van der Waals surface area contributed by atoms with E-state index in [-0.39, 0.29) is 11.6 Å². The summed E-state index contributed by atoms with van der Waals surface area (Å²) in [5.74, 6) is -2.04. The maximum atomic E-state index is 12.6. The quantitative estimate of drug-likeness (QED) is 0.655. The van der Waals surface area contributed by atoms with E-state index in [1.165, 1.54) is 12.1 Å². The molecule has 1 amide bonds. The van der Waals surface area contributed by atoms with Gasteiger partial charge in [0.2, 0.25) is 5.91 Å². The van der Waals surface area contributed by atoms with Crippen LogP contribution < -0.4 is 4.90 Å². The Morgan fingerprint density at radius 3 is 2.12 bits per heavy atom. The number of nitro groups is 1. The number of aliphatic carboxylic acids is 1. The number of amides is 1. The third kappa shape index (κ3) is 3.04. The minimum atomic E-state index is -0.909. The molecule has 0 aromatic heterocycles. The van der Waals surface area contributed by atoms with Crippen LogP contribution in [0.2, 0.25) is 0 Å². The summed E-state index contributed by atoms with van der Waals surface area (Å²) in [6, 6.07) is 6.36. The molecule has 0 spiro atoms. The van der Waals surface area contributed by atoms with E-state index in [0.29, 0.717) is 26.2 Å². The zero-order valence-corrected chi connectivity index (χ0v) is 14.2. The van der Waals surface area contributed by atoms with E-state index in [1.54, 1.807) is 17.0 Å². The maximum Gasteiger partial charge on any atom is 0.307 e. The first-order valence-corrected chi connectivity index (χ1v) is 8.24. The largest absolute Gasteiger partial charge is 0.481 e. The first-order valence-electron chi connectivity index (χ1n) is 8.24. The smallest absolute Gasteiger partial charge is 0.307 e. The topological polar surface area (TPSA) is 104 Å². The van der Waals surface area contributed by atoms with Crippen molar-refractivity contribution in [1.29, 1.82) is 0 Å². The van der Waals surface area contributed by atoms with E-state index in [0.717, 1.165) is 5.69 Å². The van der Waals surface area contributed by atoms with Crippen LogP contribution in [0.5, 0.6) is 0 Å². The van der Waals surface area contributed by atoms with Gasteiger partial charge in [-0.25, -0.2) is 0 Å². The molecule has 2 aliphatic rings. The Kier molecular flexibility index (Phi) is 4.14. The highest BCUT2D eigenvalue weighted by atomic mass is 16.6. The lowest BCUT2D eigenvalue weighted by atomic mass is 10.1. The fourth-order valence-corrected chi connectivity index (χ4v) is 3.73. The number of non-ortho nitro benzene ring substituents is 1. The second-order valence-electron chi connectivity index (χ2n) is 7.20. The summed E-state index contributed by atoms with van der Waals surface area (Å²) in [6.45, 7) is 5.93. The fourth-order valence-electron chi connectivity index (χ4n) is 3.73. The molecule has 3 rings (SSSR count). The fraction of sp³-hybridized carbons (Fsp3) is 0.529. The van der Waals surface area contributed by atoms with Crippen molar-refractivity contribution in [1.82, 2.24) is 4.90 Å². The van der Waals surface area contributed by atoms with Gasteiger partial charge in [-0.15, -0.1) is 0 Å². The van der Waals surface area contributed by atoms with Crippen LogP contribution in [-0.4, -0.2) is 53.0 Å². The van der Waals surface area contributed by atoms with Crippen molar-refractivity contribution >= 4 is 23.3 Å². The molecule has 1 aliphatic carbocycles. The molecule has 25 heavy (non-hydrogen) atoms. The molecule has 0 unspecified atom stereocenters. The molecule has 2 fully saturated rings. The first-order chi connectivity index (χ1) is 11.7. The predicted octanol–water partition coefficient (Wildman–Crippen LogP) is 1.60. The maximum absolute atomic E-state index is 12.6. The van der Waals surface area contributed by atoms with E-state index in [2.05, 4.69) is 4.90 Å². The van der Waals surface area contributed by atoms with Gasteiger partial charge in [0, 0.05) is 44.0 Å². The molecule has 0 radical (unpaired) electrons. The molecule has 8 nitrogen and oxygen atoms in total. The van der Waals surface area contributed by atoms with Crippen LogP contribution in [0.4, 0.5) is 11.4 Å². The van der Waals surface area contributed by atoms with E-state index in [9.17, 15) is 24.8 Å². The molecule has 1 heterocycles. The number of hydrogen-bond donors (Lipinski definition) is 1. The molecule has 1 aliphatic heterocycles. The van der Waals surface area contributed by atoms with Gasteiger partial charge in [-0.2, -0.15) is 0 Å². The normalized spacial score (nSPS) is 24.7. The summed E-state index contributed by atoms with van der Waals surface area (Å²) in [4.78, 5) is 38.0. The summed E-state index contributed by atoms with van der Waals surface area (Å²) in [5, 5.41) is 19.9. The number of benzene rings is 1. The van der Waals surface area contributed by atoms with Crippen LogP contribution in [0, 0.1) is 27.4 Å². The number of anilines is 1. The lowest BCUT2D eigenvalue weighted by Gasteiger charge is -2.36. The molecule has 8 heteroatoms. The molecule has 134 valence electrons. The number of carboxylic acid groups (broad SMARTS) is 1. The zero-order chi connectivity index (χ0) is 18.4. The van der Waals surface area contributed by atoms with Crippen LogP contribution in [-0.2, 0) is 9.59 Å². The Balaban J connectivity index is 1.60. The Morgan fingerprint density at radius 1 is 1.12 bits per heavy atom. The van der Waals surface area contributed by atoms with Gasteiger partial charge in [-0.3, -0.25) is 19.7 Å². The highest BCUT2D eigenvalue weighted by Gasteiger charge is 2.66. The van der Waals surface area contributed by atoms with E-state index in [1.807, 2.05) is 13.8 Å². The summed E-state index contributed by atoms with van der Waals surface area (Å²) in [6.07, 6.45) is 0. The molecule has 1 saturated carbocycles. The van der Waals surface area contributed by atoms with Crippen molar-refractivity contribution in [3.8, 4) is 0 Å². The van der Waals surface area contributed by atoms with Gasteiger partial charge in [0.05, 0.1) is 16.8 Å². The Morgan fingerprint density at radius 2 is 1.68 bits per heavy atom. The third-order valence-electron chi connectivity index (χ3n) is 5.38. The number of nitro benzene ring substituents is 1. The molecular weight excluding hydrogens is 326 g/mol. The Labute approximate surface area is 145 Å². The molecule has 1 aromatic rings. The minimum absolute atomic E-state index is 0.0493. The second kappa shape index (κ2) is 6.02. The van der Waals surface area contributed by atoms with Gasteiger partial charge in [0.15, 0.2) is 0 Å². The monoisotopic (exact) mass is 347 g/mol. The lowest BCUT2D eigenvalue weighted by Crippen LogP contribution is -2.49. The standard InChI is InChI=1S/C17H21N3O5/c1-17(2)13(14(17)16(22)23)15(21)19-9-7-18(8-10-19)11-3-5-12(6-4-11)20(24)25/h3-6,13-14H,7-10H2,1-2H3,(H,22,23)/t13-,14+/m0/s1. The molecule has 1 aromatic carbocycles. The van der Waals surface area contributed by atoms with Crippen LogP contribution >= 0.6 is 0 Å². The average Bonchev–Trinajstić information content (AvgIpc) is 3.17. The van der Waals surface area contributed by atoms with E-state index < -0.39 is 28.1 Å². The van der Waals surface area contributed by atoms with Gasteiger partial charge >= 0.3 is 5.97 Å². The summed E-state index contributed by atoms with van der Waals surface area (Å²) in [7, 11) is 0. The summed E-state index contributed by atoms with van der Waals surface area (Å²) >= 11 is 0. The van der Waals surface area contributed by atoms with Crippen molar-refractivity contribution in [2.75, 3.05) is 31.1 Å². The van der Waals surface area contributed by atoms with Gasteiger partial charge in [0.1, 0.15) is 0 Å². The zero-order valence-electron chi connectivity index (χ0n) is 14.2. The second-order valence-corrected chi connectivity index (χ2v) is 7.20. The van der Waals surface area contributed by atoms with Crippen molar-refractivity contribution in [3.05, 3.63) is 34.4 Å². The predicted molar refractivity (Wildman–Crippen MR) is 90.3 cm³/mol. The number of piperazine rings is 1. The molecule has 1 N–H and O–H groups in total. The number of nitrogens with zero attached hydrogens (tertiary/aromatic N) is 3. The Hall–Kier alpha value is -2.64. The van der Waals surface area contributed by atoms with Crippen molar-refractivity contribution in [2.24, 2.45) is 17.3 Å². The third-order valence-corrected chi connectivity index (χ3v) is 5.38. The van der Waals surface area contributed by atoms with Gasteiger partial charge in [-0.05, 0) is 17.5 Å². The SMILES string of the molecule is CC1(C)[C@H](C(=O)N2CCN(c3ccc([N+](=O)[O-])cc3)CC2)[C@@H]1C(=O)O. The lowest BCUT2D eigenvalue weighted by molar-refractivity contribution is -0.384. The van der Waals surface area contributed by atoms with Crippen LogP contribution in [0.25, 0.3) is 0 Å². The number of carboxylic acids is 1. The van der Waals surface area contributed by atoms with Crippen molar-refractivity contribution < 1.29 is 19.6 Å². The van der Waals surface area contributed by atoms with Gasteiger partial charge < -0.3 is 14.9 Å². The highest BCUT2D eigenvalue weighted by molar-refractivity contribution is 5.91. The van der Waals surface area contributed by atoms with Crippen molar-refractivity contribution in [3.63, 3.8) is 0 Å². The molecular formula is C17H21N3O5. The summed E-state index contributed by atoms with van der Waals surface area (Å²) in [5.41, 5.74) is 0.444. The Bertz CT molecular complexity index is 707. The average molecular weight is 347 g/mol. The van der Waals surface area contributed by atoms with Gasteiger partial charge in [0.25, 0.3) is 5.69 Å². The van der Waals surface area contributed by atoms with Crippen LogP contribution in [0.1, 0.15) is 13.8 Å². The molecule has 0 bridgehead atoms. The van der Waals surface area contributed by atoms with E-state index >= 15 is 0 Å². The van der Waals surface area contributed by atoms with Crippen LogP contribution in [0.15, 0.2) is 24.3 Å². The molecule has 1 saturated heterocycles. The number of rotatable bonds is 4. The highest BCUT2D eigenvalue weighted by Crippen LogP contribution is 2.59. The van der Waals surface area contributed by atoms with Crippen LogP contribution in [0.3, 0.4) is 0 Å². The minimum Gasteiger partial charge on any atom is -0.481 e. The van der Waals surface area contributed by atoms with Crippen molar-refractivity contribution in [2.45, 2.75) is 13.8 Å². The van der Waals surface area contributed by atoms with Gasteiger partial charge in [-0.1, -0.05) is 13.8 Å². The number of carbonyl (C=O) groups excluding carboxylic acids is 1. The summed E-state index contributed by atoms with van der Waals surface area (Å²) < 4.78 is 0. The number of carbonyl (C=O) groups is 2. The van der Waals surface area contributed by atoms with E-state index in [4.69, 9.17) is 0 Å². The molecule has 2 atom stereocenters. The number of hydrogen-bond acceptors (Lipinski definition) is 5.